The van der Waals surface area contributed by atoms with Crippen molar-refractivity contribution in [3.63, 3.8) is 0 Å². The van der Waals surface area contributed by atoms with Crippen molar-refractivity contribution in [2.45, 2.75) is 32.0 Å². The fourth-order valence-corrected chi connectivity index (χ4v) is 3.06. The van der Waals surface area contributed by atoms with Gasteiger partial charge in [0, 0.05) is 44.1 Å². The van der Waals surface area contributed by atoms with E-state index in [9.17, 15) is 0 Å². The molecule has 3 heteroatoms. The van der Waals surface area contributed by atoms with Crippen molar-refractivity contribution < 1.29 is 0 Å². The first-order valence-corrected chi connectivity index (χ1v) is 7.73. The zero-order valence-electron chi connectivity index (χ0n) is 12.6. The molecule has 1 aromatic heterocycles. The minimum atomic E-state index is 0.384. The Morgan fingerprint density at radius 2 is 1.95 bits per heavy atom. The normalized spacial score (nSPS) is 20.5. The van der Waals surface area contributed by atoms with E-state index in [-0.39, 0.29) is 0 Å². The van der Waals surface area contributed by atoms with Crippen molar-refractivity contribution in [2.24, 2.45) is 0 Å². The highest BCUT2D eigenvalue weighted by atomic mass is 15.2. The Morgan fingerprint density at radius 1 is 1.19 bits per heavy atom. The van der Waals surface area contributed by atoms with Crippen LogP contribution in [0.15, 0.2) is 54.9 Å². The molecule has 2 atom stereocenters. The van der Waals surface area contributed by atoms with Crippen LogP contribution in [0.4, 0.5) is 0 Å². The van der Waals surface area contributed by atoms with E-state index in [4.69, 9.17) is 0 Å². The van der Waals surface area contributed by atoms with E-state index in [0.717, 1.165) is 13.1 Å². The van der Waals surface area contributed by atoms with E-state index in [2.05, 4.69) is 64.6 Å². The van der Waals surface area contributed by atoms with Crippen molar-refractivity contribution >= 4 is 0 Å². The van der Waals surface area contributed by atoms with Gasteiger partial charge < -0.3 is 5.32 Å². The number of nitrogens with zero attached hydrogens (tertiary/aromatic N) is 2. The van der Waals surface area contributed by atoms with Crippen LogP contribution in [-0.2, 0) is 6.54 Å². The highest BCUT2D eigenvalue weighted by Crippen LogP contribution is 2.17. The molecule has 1 saturated heterocycles. The third-order valence-corrected chi connectivity index (χ3v) is 4.21. The molecule has 1 N–H and O–H groups in total. The summed E-state index contributed by atoms with van der Waals surface area (Å²) in [6, 6.07) is 15.9. The third-order valence-electron chi connectivity index (χ3n) is 4.21. The van der Waals surface area contributed by atoms with Crippen molar-refractivity contribution in [3.05, 3.63) is 66.0 Å². The second-order valence-corrected chi connectivity index (χ2v) is 5.88. The lowest BCUT2D eigenvalue weighted by Gasteiger charge is -2.21. The van der Waals surface area contributed by atoms with Gasteiger partial charge in [0.1, 0.15) is 0 Å². The summed E-state index contributed by atoms with van der Waals surface area (Å²) < 4.78 is 0. The van der Waals surface area contributed by atoms with Crippen molar-refractivity contribution in [3.8, 4) is 0 Å². The molecule has 0 aliphatic carbocycles. The zero-order valence-corrected chi connectivity index (χ0v) is 12.6. The van der Waals surface area contributed by atoms with Crippen LogP contribution >= 0.6 is 0 Å². The van der Waals surface area contributed by atoms with Gasteiger partial charge in [0.05, 0.1) is 0 Å². The van der Waals surface area contributed by atoms with E-state index < -0.39 is 0 Å². The van der Waals surface area contributed by atoms with Gasteiger partial charge in [0.15, 0.2) is 0 Å². The average molecular weight is 281 g/mol. The summed E-state index contributed by atoms with van der Waals surface area (Å²) in [6.45, 7) is 5.60. The van der Waals surface area contributed by atoms with Gasteiger partial charge in [0.25, 0.3) is 0 Å². The Kier molecular flexibility index (Phi) is 4.63. The lowest BCUT2D eigenvalue weighted by molar-refractivity contribution is 0.316. The summed E-state index contributed by atoms with van der Waals surface area (Å²) in [5.41, 5.74) is 2.71. The molecule has 0 spiro atoms. The number of nitrogens with one attached hydrogen (secondary N) is 1. The minimum Gasteiger partial charge on any atom is -0.306 e. The largest absolute Gasteiger partial charge is 0.306 e. The quantitative estimate of drug-likeness (QED) is 0.913. The van der Waals surface area contributed by atoms with Crippen LogP contribution in [0, 0.1) is 0 Å². The second kappa shape index (κ2) is 6.83. The first-order chi connectivity index (χ1) is 10.3. The fraction of sp³-hybridized carbons (Fsp3) is 0.389. The molecule has 2 aromatic rings. The van der Waals surface area contributed by atoms with Crippen LogP contribution in [0.5, 0.6) is 0 Å². The fourth-order valence-electron chi connectivity index (χ4n) is 3.06. The lowest BCUT2D eigenvalue weighted by Crippen LogP contribution is -2.34. The van der Waals surface area contributed by atoms with Gasteiger partial charge in [-0.25, -0.2) is 0 Å². The molecule has 0 bridgehead atoms. The molecule has 1 aliphatic rings. The number of aromatic nitrogens is 1. The Hall–Kier alpha value is -1.71. The van der Waals surface area contributed by atoms with Gasteiger partial charge in [-0.2, -0.15) is 0 Å². The monoisotopic (exact) mass is 281 g/mol. The van der Waals surface area contributed by atoms with Gasteiger partial charge in [-0.3, -0.25) is 9.88 Å². The summed E-state index contributed by atoms with van der Waals surface area (Å²) in [4.78, 5) is 6.62. The lowest BCUT2D eigenvalue weighted by atomic mass is 10.1. The smallest absolute Gasteiger partial charge is 0.0296 e. The maximum absolute atomic E-state index is 4.08. The topological polar surface area (TPSA) is 28.2 Å². The molecule has 1 fully saturated rings. The van der Waals surface area contributed by atoms with Crippen LogP contribution in [0.1, 0.15) is 30.5 Å². The maximum atomic E-state index is 4.08. The molecule has 0 radical (unpaired) electrons. The third kappa shape index (κ3) is 3.90. The molecule has 0 amide bonds. The molecule has 110 valence electrons. The maximum Gasteiger partial charge on any atom is 0.0296 e. The summed E-state index contributed by atoms with van der Waals surface area (Å²) in [5.74, 6) is 0. The Balaban J connectivity index is 1.51. The number of benzene rings is 1. The Bertz CT molecular complexity index is 541. The van der Waals surface area contributed by atoms with Gasteiger partial charge in [0.2, 0.25) is 0 Å². The van der Waals surface area contributed by atoms with E-state index in [1.165, 1.54) is 24.1 Å². The summed E-state index contributed by atoms with van der Waals surface area (Å²) in [5, 5.41) is 3.74. The molecule has 21 heavy (non-hydrogen) atoms. The first-order valence-electron chi connectivity index (χ1n) is 7.73. The SMILES string of the molecule is C[C@H](NC1CCN(Cc2ccccc2)C1)c1ccncc1. The molecular formula is C18H23N3. The predicted molar refractivity (Wildman–Crippen MR) is 85.9 cm³/mol. The number of hydrogen-bond acceptors (Lipinski definition) is 3. The second-order valence-electron chi connectivity index (χ2n) is 5.88. The van der Waals surface area contributed by atoms with Crippen LogP contribution in [0.2, 0.25) is 0 Å². The summed E-state index contributed by atoms with van der Waals surface area (Å²) in [6.07, 6.45) is 4.95. The molecular weight excluding hydrogens is 258 g/mol. The van der Waals surface area contributed by atoms with Crippen LogP contribution < -0.4 is 5.32 Å². The Labute approximate surface area is 127 Å². The van der Waals surface area contributed by atoms with E-state index in [1.807, 2.05) is 12.4 Å². The number of hydrogen-bond donors (Lipinski definition) is 1. The summed E-state index contributed by atoms with van der Waals surface area (Å²) in [7, 11) is 0. The van der Waals surface area contributed by atoms with E-state index in [0.29, 0.717) is 12.1 Å². The van der Waals surface area contributed by atoms with E-state index >= 15 is 0 Å². The van der Waals surface area contributed by atoms with Gasteiger partial charge >= 0.3 is 0 Å². The molecule has 2 heterocycles. The van der Waals surface area contributed by atoms with Gasteiger partial charge in [-0.15, -0.1) is 0 Å². The Morgan fingerprint density at radius 3 is 2.71 bits per heavy atom. The van der Waals surface area contributed by atoms with Crippen LogP contribution in [0.3, 0.4) is 0 Å². The molecule has 1 unspecified atom stereocenters. The molecule has 1 aliphatic heterocycles. The average Bonchev–Trinajstić information content (AvgIpc) is 2.96. The minimum absolute atomic E-state index is 0.384. The van der Waals surface area contributed by atoms with Crippen molar-refractivity contribution in [1.82, 2.24) is 15.2 Å². The molecule has 0 saturated carbocycles. The highest BCUT2D eigenvalue weighted by molar-refractivity contribution is 5.16. The molecule has 3 nitrogen and oxygen atoms in total. The number of rotatable bonds is 5. The summed E-state index contributed by atoms with van der Waals surface area (Å²) >= 11 is 0. The first kappa shape index (κ1) is 14.2. The molecule has 3 rings (SSSR count). The van der Waals surface area contributed by atoms with Gasteiger partial charge in [-0.1, -0.05) is 30.3 Å². The number of likely N-dealkylation sites (tertiary alicyclic amines) is 1. The van der Waals surface area contributed by atoms with Crippen molar-refractivity contribution in [1.29, 1.82) is 0 Å². The highest BCUT2D eigenvalue weighted by Gasteiger charge is 2.23. The number of pyridine rings is 1. The predicted octanol–water partition coefficient (Wildman–Crippen LogP) is 3.01. The van der Waals surface area contributed by atoms with Crippen molar-refractivity contribution in [2.75, 3.05) is 13.1 Å². The van der Waals surface area contributed by atoms with Crippen LogP contribution in [0.25, 0.3) is 0 Å². The van der Waals surface area contributed by atoms with E-state index in [1.54, 1.807) is 0 Å². The zero-order chi connectivity index (χ0) is 14.5. The van der Waals surface area contributed by atoms with Crippen LogP contribution in [-0.4, -0.2) is 29.0 Å². The molecule has 1 aromatic carbocycles. The van der Waals surface area contributed by atoms with Gasteiger partial charge in [-0.05, 0) is 36.6 Å². The standard InChI is InChI=1S/C18H23N3/c1-15(17-7-10-19-11-8-17)20-18-9-12-21(14-18)13-16-5-3-2-4-6-16/h2-8,10-11,15,18,20H,9,12-14H2,1H3/t15-,18?/m0/s1.